The fourth-order valence-corrected chi connectivity index (χ4v) is 2.34. The standard InChI is InChI=1S/C12H11N7O4S.Na/c13-9-7(5-1-3-6(4-2-5)23-24(20,21)22)16-8-10(14)18-12(15)19-11(8)17-9;/h1-4H,(H,20,21,22)(H6,13,14,15,17,18,19);/q;+1/p-1. The molecule has 1 aromatic carbocycles. The Balaban J connectivity index is 0.00000225. The number of benzene rings is 1. The van der Waals surface area contributed by atoms with Crippen LogP contribution in [-0.4, -0.2) is 32.9 Å². The maximum atomic E-state index is 10.6. The molecule has 0 radical (unpaired) electrons. The summed E-state index contributed by atoms with van der Waals surface area (Å²) >= 11 is 0. The van der Waals surface area contributed by atoms with Gasteiger partial charge in [0.25, 0.3) is 10.4 Å². The zero-order valence-electron chi connectivity index (χ0n) is 12.9. The van der Waals surface area contributed by atoms with Gasteiger partial charge in [0.15, 0.2) is 22.8 Å². The van der Waals surface area contributed by atoms with Crippen molar-refractivity contribution < 1.29 is 46.7 Å². The Labute approximate surface area is 163 Å². The fourth-order valence-electron chi connectivity index (χ4n) is 2.00. The number of hydrogen-bond donors (Lipinski definition) is 3. The molecule has 2 aromatic heterocycles. The smallest absolute Gasteiger partial charge is 0.716 e. The number of rotatable bonds is 3. The van der Waals surface area contributed by atoms with Gasteiger partial charge in [-0.05, 0) is 24.3 Å². The number of nitrogen functional groups attached to an aromatic ring is 3. The van der Waals surface area contributed by atoms with E-state index in [1.165, 1.54) is 24.3 Å². The van der Waals surface area contributed by atoms with E-state index in [1.54, 1.807) is 0 Å². The summed E-state index contributed by atoms with van der Waals surface area (Å²) in [7, 11) is -4.85. The number of hydrogen-bond acceptors (Lipinski definition) is 11. The predicted octanol–water partition coefficient (Wildman–Crippen LogP) is -3.32. The van der Waals surface area contributed by atoms with Gasteiger partial charge in [-0.1, -0.05) is 0 Å². The Morgan fingerprint density at radius 2 is 1.56 bits per heavy atom. The molecule has 0 atom stereocenters. The molecule has 0 saturated heterocycles. The monoisotopic (exact) mass is 371 g/mol. The molecule has 3 rings (SSSR count). The third-order valence-corrected chi connectivity index (χ3v) is 3.33. The molecule has 25 heavy (non-hydrogen) atoms. The molecule has 124 valence electrons. The van der Waals surface area contributed by atoms with Crippen LogP contribution in [0.25, 0.3) is 22.4 Å². The summed E-state index contributed by atoms with van der Waals surface area (Å²) in [4.78, 5) is 16.1. The van der Waals surface area contributed by atoms with Crippen LogP contribution < -0.4 is 50.9 Å². The van der Waals surface area contributed by atoms with Crippen molar-refractivity contribution in [2.75, 3.05) is 17.2 Å². The molecule has 13 heteroatoms. The van der Waals surface area contributed by atoms with E-state index in [1.807, 2.05) is 0 Å². The minimum absolute atomic E-state index is 0. The molecular weight excluding hydrogens is 361 g/mol. The predicted molar refractivity (Wildman–Crippen MR) is 84.1 cm³/mol. The SMILES string of the molecule is Nc1nc(N)c2nc(-c3ccc(OS(=O)(=O)[O-])cc3)c(N)nc2n1.[Na+]. The van der Waals surface area contributed by atoms with E-state index >= 15 is 0 Å². The van der Waals surface area contributed by atoms with E-state index < -0.39 is 10.4 Å². The fraction of sp³-hybridized carbons (Fsp3) is 0. The van der Waals surface area contributed by atoms with Gasteiger partial charge in [0, 0.05) is 5.56 Å². The topological polar surface area (TPSA) is 196 Å². The van der Waals surface area contributed by atoms with E-state index in [0.717, 1.165) is 0 Å². The summed E-state index contributed by atoms with van der Waals surface area (Å²) < 4.78 is 35.9. The van der Waals surface area contributed by atoms with Gasteiger partial charge in [-0.15, -0.1) is 0 Å². The van der Waals surface area contributed by atoms with Gasteiger partial charge in [-0.2, -0.15) is 9.97 Å². The first-order valence-corrected chi connectivity index (χ1v) is 7.68. The second-order valence-electron chi connectivity index (χ2n) is 4.61. The van der Waals surface area contributed by atoms with Crippen LogP contribution in [0, 0.1) is 0 Å². The van der Waals surface area contributed by atoms with Gasteiger partial charge in [-0.3, -0.25) is 0 Å². The van der Waals surface area contributed by atoms with Gasteiger partial charge in [0.1, 0.15) is 11.4 Å². The van der Waals surface area contributed by atoms with E-state index in [4.69, 9.17) is 17.2 Å². The van der Waals surface area contributed by atoms with Gasteiger partial charge in [0.2, 0.25) is 5.95 Å². The molecule has 0 aliphatic rings. The third-order valence-electron chi connectivity index (χ3n) is 2.93. The van der Waals surface area contributed by atoms with Crippen molar-refractivity contribution in [3.8, 4) is 17.0 Å². The van der Waals surface area contributed by atoms with E-state index in [0.29, 0.717) is 5.56 Å². The van der Waals surface area contributed by atoms with Crippen LogP contribution in [0.2, 0.25) is 0 Å². The van der Waals surface area contributed by atoms with Crippen molar-refractivity contribution in [1.82, 2.24) is 19.9 Å². The molecule has 2 heterocycles. The third kappa shape index (κ3) is 4.24. The Morgan fingerprint density at radius 1 is 0.920 bits per heavy atom. The van der Waals surface area contributed by atoms with Crippen LogP contribution in [0.3, 0.4) is 0 Å². The van der Waals surface area contributed by atoms with E-state index in [-0.39, 0.29) is 69.7 Å². The number of nitrogens with two attached hydrogens (primary N) is 3. The van der Waals surface area contributed by atoms with Crippen molar-refractivity contribution in [3.63, 3.8) is 0 Å². The molecule has 0 unspecified atom stereocenters. The summed E-state index contributed by atoms with van der Waals surface area (Å²) in [5.41, 5.74) is 18.3. The first-order chi connectivity index (χ1) is 11.2. The minimum atomic E-state index is -4.85. The summed E-state index contributed by atoms with van der Waals surface area (Å²) in [6.45, 7) is 0. The van der Waals surface area contributed by atoms with Crippen molar-refractivity contribution in [3.05, 3.63) is 24.3 Å². The molecule has 0 fully saturated rings. The largest absolute Gasteiger partial charge is 1.00 e. The second kappa shape index (κ2) is 6.93. The molecule has 11 nitrogen and oxygen atoms in total. The molecule has 0 bridgehead atoms. The van der Waals surface area contributed by atoms with Gasteiger partial charge in [-0.25, -0.2) is 18.4 Å². The normalized spacial score (nSPS) is 11.1. The Morgan fingerprint density at radius 3 is 2.16 bits per heavy atom. The first-order valence-electron chi connectivity index (χ1n) is 6.35. The average molecular weight is 371 g/mol. The maximum Gasteiger partial charge on any atom is 1.00 e. The summed E-state index contributed by atoms with van der Waals surface area (Å²) in [5.74, 6) is -0.0905. The Bertz CT molecular complexity index is 1040. The minimum Gasteiger partial charge on any atom is -0.716 e. The summed E-state index contributed by atoms with van der Waals surface area (Å²) in [5, 5.41) is 0. The molecule has 0 aliphatic heterocycles. The Kier molecular flexibility index (Phi) is 5.29. The molecule has 0 amide bonds. The maximum absolute atomic E-state index is 10.6. The molecular formula is C12H10N7NaO4S. The van der Waals surface area contributed by atoms with Crippen molar-refractivity contribution >= 4 is 39.1 Å². The summed E-state index contributed by atoms with van der Waals surface area (Å²) in [6.07, 6.45) is 0. The zero-order chi connectivity index (χ0) is 17.5. The second-order valence-corrected chi connectivity index (χ2v) is 5.60. The number of anilines is 3. The van der Waals surface area contributed by atoms with E-state index in [2.05, 4.69) is 24.1 Å². The molecule has 0 spiro atoms. The van der Waals surface area contributed by atoms with Crippen molar-refractivity contribution in [2.24, 2.45) is 0 Å². The Hall–Kier alpha value is -2.25. The van der Waals surface area contributed by atoms with Crippen LogP contribution in [0.5, 0.6) is 5.75 Å². The summed E-state index contributed by atoms with van der Waals surface area (Å²) in [6, 6.07) is 5.47. The number of nitrogens with zero attached hydrogens (tertiary/aromatic N) is 4. The van der Waals surface area contributed by atoms with Gasteiger partial charge in [0.05, 0.1) is 0 Å². The van der Waals surface area contributed by atoms with Crippen LogP contribution in [0.15, 0.2) is 24.3 Å². The number of aromatic nitrogens is 4. The molecule has 6 N–H and O–H groups in total. The molecule has 0 aliphatic carbocycles. The van der Waals surface area contributed by atoms with Crippen molar-refractivity contribution in [2.45, 2.75) is 0 Å². The van der Waals surface area contributed by atoms with Gasteiger partial charge < -0.3 is 25.9 Å². The average Bonchev–Trinajstić information content (AvgIpc) is 2.46. The van der Waals surface area contributed by atoms with Crippen LogP contribution in [-0.2, 0) is 10.4 Å². The van der Waals surface area contributed by atoms with Crippen LogP contribution >= 0.6 is 0 Å². The molecule has 0 saturated carbocycles. The van der Waals surface area contributed by atoms with Crippen LogP contribution in [0.4, 0.5) is 17.6 Å². The quantitative estimate of drug-likeness (QED) is 0.236. The van der Waals surface area contributed by atoms with Crippen molar-refractivity contribution in [1.29, 1.82) is 0 Å². The van der Waals surface area contributed by atoms with Crippen LogP contribution in [0.1, 0.15) is 0 Å². The van der Waals surface area contributed by atoms with E-state index in [9.17, 15) is 13.0 Å². The van der Waals surface area contributed by atoms with Gasteiger partial charge >= 0.3 is 29.6 Å². The zero-order valence-corrected chi connectivity index (χ0v) is 15.7. The molecule has 3 aromatic rings. The first kappa shape index (κ1) is 19.1. The number of fused-ring (bicyclic) bond motifs is 1.